The van der Waals surface area contributed by atoms with Crippen LogP contribution >= 0.6 is 11.6 Å². The average Bonchev–Trinajstić information content (AvgIpc) is 2.26. The number of carboxylic acid groups (broad SMARTS) is 1. The highest BCUT2D eigenvalue weighted by Crippen LogP contribution is 2.40. The molecular weight excluding hydrogens is 256 g/mol. The summed E-state index contributed by atoms with van der Waals surface area (Å²) in [4.78, 5) is 26.8. The summed E-state index contributed by atoms with van der Waals surface area (Å²) >= 11 is 5.75. The molecule has 1 fully saturated rings. The fourth-order valence-corrected chi connectivity index (χ4v) is 2.10. The van der Waals surface area contributed by atoms with E-state index in [0.29, 0.717) is 17.9 Å². The monoisotopic (exact) mass is 268 g/mol. The molecule has 1 saturated carbocycles. The third-order valence-electron chi connectivity index (χ3n) is 3.31. The van der Waals surface area contributed by atoms with Crippen LogP contribution in [-0.2, 0) is 4.79 Å². The van der Waals surface area contributed by atoms with Crippen molar-refractivity contribution in [1.82, 2.24) is 10.3 Å². The van der Waals surface area contributed by atoms with Crippen molar-refractivity contribution in [3.63, 3.8) is 0 Å². The van der Waals surface area contributed by atoms with Crippen molar-refractivity contribution >= 4 is 23.5 Å². The van der Waals surface area contributed by atoms with Crippen molar-refractivity contribution < 1.29 is 14.7 Å². The van der Waals surface area contributed by atoms with Crippen LogP contribution in [0.4, 0.5) is 0 Å². The minimum atomic E-state index is -0.854. The van der Waals surface area contributed by atoms with Crippen molar-refractivity contribution in [2.75, 3.05) is 6.54 Å². The summed E-state index contributed by atoms with van der Waals surface area (Å²) in [6.07, 6.45) is 3.53. The van der Waals surface area contributed by atoms with Crippen LogP contribution in [0, 0.1) is 5.41 Å². The zero-order valence-electron chi connectivity index (χ0n) is 9.65. The average molecular weight is 269 g/mol. The second-order valence-electron chi connectivity index (χ2n) is 4.48. The van der Waals surface area contributed by atoms with Crippen LogP contribution in [0.3, 0.4) is 0 Å². The van der Waals surface area contributed by atoms with Gasteiger partial charge in [-0.25, -0.2) is 0 Å². The molecule has 1 aromatic heterocycles. The van der Waals surface area contributed by atoms with E-state index in [9.17, 15) is 9.59 Å². The Morgan fingerprint density at radius 3 is 2.72 bits per heavy atom. The molecule has 18 heavy (non-hydrogen) atoms. The molecule has 0 atom stereocenters. The van der Waals surface area contributed by atoms with E-state index in [1.165, 1.54) is 12.3 Å². The normalized spacial score (nSPS) is 16.7. The third kappa shape index (κ3) is 2.46. The highest BCUT2D eigenvalue weighted by Gasteiger charge is 2.44. The fraction of sp³-hybridized carbons (Fsp3) is 0.417. The van der Waals surface area contributed by atoms with Gasteiger partial charge in [-0.3, -0.25) is 14.6 Å². The van der Waals surface area contributed by atoms with Gasteiger partial charge in [-0.05, 0) is 25.0 Å². The Kier molecular flexibility index (Phi) is 3.52. The molecule has 2 rings (SSSR count). The Hall–Kier alpha value is -1.62. The number of rotatable bonds is 4. The van der Waals surface area contributed by atoms with Crippen molar-refractivity contribution in [2.45, 2.75) is 19.3 Å². The summed E-state index contributed by atoms with van der Waals surface area (Å²) in [5.74, 6) is -1.25. The van der Waals surface area contributed by atoms with E-state index in [4.69, 9.17) is 16.7 Å². The van der Waals surface area contributed by atoms with E-state index in [2.05, 4.69) is 10.3 Å². The van der Waals surface area contributed by atoms with E-state index in [1.807, 2.05) is 0 Å². The number of carbonyl (C=O) groups excluding carboxylic acids is 1. The molecule has 0 unspecified atom stereocenters. The van der Waals surface area contributed by atoms with Crippen LogP contribution in [0.5, 0.6) is 0 Å². The predicted molar refractivity (Wildman–Crippen MR) is 65.5 cm³/mol. The summed E-state index contributed by atoms with van der Waals surface area (Å²) in [5.41, 5.74) is -0.601. The van der Waals surface area contributed by atoms with Crippen LogP contribution in [0.25, 0.3) is 0 Å². The number of carbonyl (C=O) groups is 2. The first kappa shape index (κ1) is 12.8. The Morgan fingerprint density at radius 2 is 2.22 bits per heavy atom. The van der Waals surface area contributed by atoms with Gasteiger partial charge in [-0.2, -0.15) is 0 Å². The first-order valence-electron chi connectivity index (χ1n) is 5.67. The molecule has 6 heteroatoms. The van der Waals surface area contributed by atoms with Gasteiger partial charge < -0.3 is 10.4 Å². The molecule has 96 valence electrons. The largest absolute Gasteiger partial charge is 0.481 e. The summed E-state index contributed by atoms with van der Waals surface area (Å²) in [5, 5.41) is 12.2. The minimum absolute atomic E-state index is 0.134. The summed E-state index contributed by atoms with van der Waals surface area (Å²) in [7, 11) is 0. The molecule has 2 N–H and O–H groups in total. The molecule has 1 heterocycles. The number of hydrogen-bond acceptors (Lipinski definition) is 3. The predicted octanol–water partition coefficient (Wildman–Crippen LogP) is 1.72. The molecule has 1 aliphatic rings. The molecule has 0 radical (unpaired) electrons. The smallest absolute Gasteiger partial charge is 0.311 e. The second-order valence-corrected chi connectivity index (χ2v) is 4.92. The molecule has 1 amide bonds. The number of aromatic nitrogens is 1. The summed E-state index contributed by atoms with van der Waals surface area (Å²) < 4.78 is 0. The van der Waals surface area contributed by atoms with E-state index < -0.39 is 17.3 Å². The first-order chi connectivity index (χ1) is 8.53. The van der Waals surface area contributed by atoms with Gasteiger partial charge in [0, 0.05) is 17.8 Å². The van der Waals surface area contributed by atoms with Gasteiger partial charge in [-0.1, -0.05) is 18.0 Å². The summed E-state index contributed by atoms with van der Waals surface area (Å²) in [6, 6.07) is 3.02. The number of halogens is 1. The first-order valence-corrected chi connectivity index (χ1v) is 6.04. The van der Waals surface area contributed by atoms with Crippen molar-refractivity contribution in [2.24, 2.45) is 5.41 Å². The number of pyridine rings is 1. The maximum Gasteiger partial charge on any atom is 0.311 e. The lowest BCUT2D eigenvalue weighted by atomic mass is 9.69. The zero-order chi connectivity index (χ0) is 13.2. The molecule has 1 aliphatic carbocycles. The Morgan fingerprint density at radius 1 is 1.50 bits per heavy atom. The number of amides is 1. The zero-order valence-corrected chi connectivity index (χ0v) is 10.4. The van der Waals surface area contributed by atoms with Gasteiger partial charge in [0.15, 0.2) is 0 Å². The molecule has 5 nitrogen and oxygen atoms in total. The van der Waals surface area contributed by atoms with Gasteiger partial charge in [0.25, 0.3) is 5.91 Å². The molecule has 0 bridgehead atoms. The van der Waals surface area contributed by atoms with Crippen molar-refractivity contribution in [3.05, 3.63) is 29.0 Å². The van der Waals surface area contributed by atoms with Crippen LogP contribution in [0.15, 0.2) is 18.3 Å². The lowest BCUT2D eigenvalue weighted by molar-refractivity contribution is -0.153. The van der Waals surface area contributed by atoms with Crippen molar-refractivity contribution in [3.8, 4) is 0 Å². The highest BCUT2D eigenvalue weighted by molar-refractivity contribution is 6.30. The molecule has 1 aromatic rings. The lowest BCUT2D eigenvalue weighted by Gasteiger charge is -2.37. The number of nitrogens with one attached hydrogen (secondary N) is 1. The van der Waals surface area contributed by atoms with E-state index in [-0.39, 0.29) is 12.2 Å². The van der Waals surface area contributed by atoms with Gasteiger partial charge in [-0.15, -0.1) is 0 Å². The number of hydrogen-bond donors (Lipinski definition) is 2. The number of nitrogens with zero attached hydrogens (tertiary/aromatic N) is 1. The molecule has 0 aromatic carbocycles. The third-order valence-corrected chi connectivity index (χ3v) is 3.54. The topological polar surface area (TPSA) is 79.3 Å². The van der Waals surface area contributed by atoms with Gasteiger partial charge in [0.1, 0.15) is 5.69 Å². The minimum Gasteiger partial charge on any atom is -0.481 e. The van der Waals surface area contributed by atoms with Crippen LogP contribution in [0.2, 0.25) is 5.02 Å². The SMILES string of the molecule is O=C(NCC1(C(=O)O)CCC1)c1cc(Cl)ccn1. The van der Waals surface area contributed by atoms with E-state index in [0.717, 1.165) is 6.42 Å². The van der Waals surface area contributed by atoms with Crippen molar-refractivity contribution in [1.29, 1.82) is 0 Å². The van der Waals surface area contributed by atoms with Gasteiger partial charge in [0.2, 0.25) is 0 Å². The fourth-order valence-electron chi connectivity index (χ4n) is 1.94. The second kappa shape index (κ2) is 4.94. The van der Waals surface area contributed by atoms with Gasteiger partial charge >= 0.3 is 5.97 Å². The Balaban J connectivity index is 1.98. The van der Waals surface area contributed by atoms with E-state index >= 15 is 0 Å². The molecule has 0 spiro atoms. The number of carboxylic acids is 1. The standard InChI is InChI=1S/C12H13ClN2O3/c13-8-2-5-14-9(6-8)10(16)15-7-12(11(17)18)3-1-4-12/h2,5-6H,1,3-4,7H2,(H,15,16)(H,17,18). The molecule has 0 aliphatic heterocycles. The van der Waals surface area contributed by atoms with Crippen LogP contribution in [0.1, 0.15) is 29.8 Å². The Bertz CT molecular complexity index is 486. The number of aliphatic carboxylic acids is 1. The van der Waals surface area contributed by atoms with Crippen LogP contribution in [-0.4, -0.2) is 28.5 Å². The summed E-state index contributed by atoms with van der Waals surface area (Å²) in [6.45, 7) is 0.134. The van der Waals surface area contributed by atoms with Gasteiger partial charge in [0.05, 0.1) is 5.41 Å². The lowest BCUT2D eigenvalue weighted by Crippen LogP contribution is -2.47. The quantitative estimate of drug-likeness (QED) is 0.871. The molecular formula is C12H13ClN2O3. The maximum atomic E-state index is 11.8. The maximum absolute atomic E-state index is 11.8. The van der Waals surface area contributed by atoms with E-state index in [1.54, 1.807) is 6.07 Å². The molecule has 0 saturated heterocycles. The van der Waals surface area contributed by atoms with Crippen LogP contribution < -0.4 is 5.32 Å². The highest BCUT2D eigenvalue weighted by atomic mass is 35.5. The Labute approximate surface area is 109 Å².